The number of nitrogens with one attached hydrogen (secondary N) is 1. The van der Waals surface area contributed by atoms with Crippen molar-refractivity contribution in [3.63, 3.8) is 0 Å². The van der Waals surface area contributed by atoms with Crippen molar-refractivity contribution in [2.75, 3.05) is 0 Å². The Morgan fingerprint density at radius 1 is 1.29 bits per heavy atom. The molecule has 0 radical (unpaired) electrons. The van der Waals surface area contributed by atoms with Gasteiger partial charge in [-0.15, -0.1) is 24.0 Å². The Labute approximate surface area is 113 Å². The van der Waals surface area contributed by atoms with E-state index in [0.717, 1.165) is 29.2 Å². The number of hydrogen-bond acceptors (Lipinski definition) is 1. The first-order valence-electron chi connectivity index (χ1n) is 5.46. The predicted molar refractivity (Wildman–Crippen MR) is 74.9 cm³/mol. The molecule has 0 aliphatic rings. The van der Waals surface area contributed by atoms with Crippen molar-refractivity contribution in [3.05, 3.63) is 41.2 Å². The van der Waals surface area contributed by atoms with Gasteiger partial charge in [-0.2, -0.15) is 0 Å². The molecule has 92 valence electrons. The normalized spacial score (nSPS) is 10.1. The zero-order valence-electron chi connectivity index (χ0n) is 9.96. The first-order chi connectivity index (χ1) is 7.76. The number of H-pyrrole nitrogens is 1. The molecule has 1 aromatic heterocycles. The van der Waals surface area contributed by atoms with Crippen LogP contribution in [-0.4, -0.2) is 9.97 Å². The number of imidazole rings is 1. The molecule has 0 saturated heterocycles. The Hall–Kier alpha value is -0.990. The van der Waals surface area contributed by atoms with Gasteiger partial charge in [0.2, 0.25) is 0 Å². The molecule has 0 unspecified atom stereocenters. The van der Waals surface area contributed by atoms with E-state index in [1.165, 1.54) is 5.56 Å². The Morgan fingerprint density at radius 2 is 2.00 bits per heavy atom. The number of benzene rings is 1. The van der Waals surface area contributed by atoms with Gasteiger partial charge in [-0.05, 0) is 18.9 Å². The maximum atomic E-state index is 5.88. The second-order valence-corrected chi connectivity index (χ2v) is 4.08. The van der Waals surface area contributed by atoms with Crippen LogP contribution in [0.3, 0.4) is 0 Å². The molecule has 0 atom stereocenters. The second kappa shape index (κ2) is 6.08. The topological polar surface area (TPSA) is 28.7 Å². The molecule has 0 spiro atoms. The number of aryl methyl sites for hydroxylation is 2. The van der Waals surface area contributed by atoms with Crippen molar-refractivity contribution in [3.8, 4) is 11.4 Å². The fourth-order valence-corrected chi connectivity index (χ4v) is 2.04. The number of aromatic nitrogens is 2. The lowest BCUT2D eigenvalue weighted by Gasteiger charge is -2.00. The summed E-state index contributed by atoms with van der Waals surface area (Å²) in [6.45, 7) is 4.18. The third kappa shape index (κ3) is 2.82. The summed E-state index contributed by atoms with van der Waals surface area (Å²) in [5, 5.41) is 0. The average molecular weight is 271 g/mol. The fraction of sp³-hybridized carbons (Fsp3) is 0.308. The van der Waals surface area contributed by atoms with Gasteiger partial charge in [-0.3, -0.25) is 0 Å². The minimum Gasteiger partial charge on any atom is -0.341 e. The van der Waals surface area contributed by atoms with Crippen LogP contribution in [0.2, 0.25) is 0 Å². The van der Waals surface area contributed by atoms with E-state index in [2.05, 4.69) is 35.9 Å². The van der Waals surface area contributed by atoms with E-state index in [1.807, 2.05) is 12.1 Å². The third-order valence-corrected chi connectivity index (χ3v) is 3.00. The SMILES string of the molecule is CCc1nc(-c2ccccc2C)[nH]c1CCl.Cl. The molecule has 2 aromatic rings. The molecular formula is C13H16Cl2N2. The van der Waals surface area contributed by atoms with E-state index in [-0.39, 0.29) is 12.4 Å². The molecule has 0 aliphatic heterocycles. The molecule has 0 fully saturated rings. The summed E-state index contributed by atoms with van der Waals surface area (Å²) in [5.74, 6) is 1.41. The molecule has 1 N–H and O–H groups in total. The van der Waals surface area contributed by atoms with Crippen LogP contribution in [0.1, 0.15) is 23.9 Å². The van der Waals surface area contributed by atoms with Crippen LogP contribution >= 0.6 is 24.0 Å². The first kappa shape index (κ1) is 14.1. The molecule has 4 heteroatoms. The summed E-state index contributed by atoms with van der Waals surface area (Å²) in [6.07, 6.45) is 0.907. The zero-order valence-corrected chi connectivity index (χ0v) is 11.5. The highest BCUT2D eigenvalue weighted by atomic mass is 35.5. The molecule has 1 heterocycles. The van der Waals surface area contributed by atoms with Crippen molar-refractivity contribution in [2.45, 2.75) is 26.1 Å². The number of alkyl halides is 1. The molecule has 2 nitrogen and oxygen atoms in total. The van der Waals surface area contributed by atoms with Crippen LogP contribution in [0.15, 0.2) is 24.3 Å². The lowest BCUT2D eigenvalue weighted by atomic mass is 10.1. The molecule has 0 bridgehead atoms. The van der Waals surface area contributed by atoms with Crippen molar-refractivity contribution in [1.82, 2.24) is 9.97 Å². The van der Waals surface area contributed by atoms with Gasteiger partial charge in [-0.1, -0.05) is 31.2 Å². The van der Waals surface area contributed by atoms with E-state index in [0.29, 0.717) is 5.88 Å². The highest BCUT2D eigenvalue weighted by molar-refractivity contribution is 6.17. The van der Waals surface area contributed by atoms with E-state index < -0.39 is 0 Å². The number of nitrogens with zero attached hydrogens (tertiary/aromatic N) is 1. The molecule has 0 saturated carbocycles. The van der Waals surface area contributed by atoms with Gasteiger partial charge in [0, 0.05) is 5.56 Å². The van der Waals surface area contributed by atoms with Gasteiger partial charge >= 0.3 is 0 Å². The predicted octanol–water partition coefficient (Wildman–Crippen LogP) is 4.11. The lowest BCUT2D eigenvalue weighted by molar-refractivity contribution is 1.03. The Morgan fingerprint density at radius 3 is 2.53 bits per heavy atom. The van der Waals surface area contributed by atoms with Gasteiger partial charge in [-0.25, -0.2) is 4.98 Å². The maximum absolute atomic E-state index is 5.88. The van der Waals surface area contributed by atoms with Crippen molar-refractivity contribution in [1.29, 1.82) is 0 Å². The molecular weight excluding hydrogens is 255 g/mol. The lowest BCUT2D eigenvalue weighted by Crippen LogP contribution is -1.86. The standard InChI is InChI=1S/C13H15ClN2.ClH/c1-3-11-12(8-14)16-13(15-11)10-7-5-4-6-9(10)2;/h4-7H,3,8H2,1-2H3,(H,15,16);1H. The monoisotopic (exact) mass is 270 g/mol. The summed E-state index contributed by atoms with van der Waals surface area (Å²) in [5.41, 5.74) is 4.46. The highest BCUT2D eigenvalue weighted by Gasteiger charge is 2.10. The summed E-state index contributed by atoms with van der Waals surface area (Å²) in [4.78, 5) is 7.89. The van der Waals surface area contributed by atoms with Crippen LogP contribution in [0.4, 0.5) is 0 Å². The minimum atomic E-state index is 0. The van der Waals surface area contributed by atoms with E-state index in [9.17, 15) is 0 Å². The number of rotatable bonds is 3. The smallest absolute Gasteiger partial charge is 0.138 e. The largest absolute Gasteiger partial charge is 0.341 e. The van der Waals surface area contributed by atoms with E-state index in [4.69, 9.17) is 11.6 Å². The summed E-state index contributed by atoms with van der Waals surface area (Å²) < 4.78 is 0. The van der Waals surface area contributed by atoms with Crippen LogP contribution < -0.4 is 0 Å². The average Bonchev–Trinajstić information content (AvgIpc) is 2.72. The van der Waals surface area contributed by atoms with Crippen molar-refractivity contribution < 1.29 is 0 Å². The van der Waals surface area contributed by atoms with Gasteiger partial charge in [0.25, 0.3) is 0 Å². The summed E-state index contributed by atoms with van der Waals surface area (Å²) >= 11 is 5.88. The van der Waals surface area contributed by atoms with Crippen molar-refractivity contribution >= 4 is 24.0 Å². The summed E-state index contributed by atoms with van der Waals surface area (Å²) in [7, 11) is 0. The van der Waals surface area contributed by atoms with Crippen LogP contribution in [0, 0.1) is 6.92 Å². The zero-order chi connectivity index (χ0) is 11.5. The van der Waals surface area contributed by atoms with E-state index in [1.54, 1.807) is 0 Å². The highest BCUT2D eigenvalue weighted by Crippen LogP contribution is 2.22. The quantitative estimate of drug-likeness (QED) is 0.836. The minimum absolute atomic E-state index is 0. The van der Waals surface area contributed by atoms with Gasteiger partial charge in [0.15, 0.2) is 0 Å². The van der Waals surface area contributed by atoms with Crippen molar-refractivity contribution in [2.24, 2.45) is 0 Å². The van der Waals surface area contributed by atoms with Crippen LogP contribution in [0.25, 0.3) is 11.4 Å². The number of aromatic amines is 1. The van der Waals surface area contributed by atoms with Gasteiger partial charge < -0.3 is 4.98 Å². The van der Waals surface area contributed by atoms with Crippen LogP contribution in [0.5, 0.6) is 0 Å². The van der Waals surface area contributed by atoms with E-state index >= 15 is 0 Å². The Balaban J connectivity index is 0.00000144. The molecule has 17 heavy (non-hydrogen) atoms. The molecule has 2 rings (SSSR count). The molecule has 1 aromatic carbocycles. The number of halogens is 2. The first-order valence-corrected chi connectivity index (χ1v) is 5.99. The Bertz CT molecular complexity index is 470. The number of hydrogen-bond donors (Lipinski definition) is 1. The van der Waals surface area contributed by atoms with Crippen LogP contribution in [-0.2, 0) is 12.3 Å². The maximum Gasteiger partial charge on any atom is 0.138 e. The third-order valence-electron chi connectivity index (χ3n) is 2.73. The van der Waals surface area contributed by atoms with Gasteiger partial charge in [0.05, 0.1) is 17.3 Å². The summed E-state index contributed by atoms with van der Waals surface area (Å²) in [6, 6.07) is 8.22. The van der Waals surface area contributed by atoms with Gasteiger partial charge in [0.1, 0.15) is 5.82 Å². The molecule has 0 amide bonds. The molecule has 0 aliphatic carbocycles. The Kier molecular flexibility index (Phi) is 5.03. The second-order valence-electron chi connectivity index (χ2n) is 3.81. The fourth-order valence-electron chi connectivity index (χ4n) is 1.81.